The van der Waals surface area contributed by atoms with E-state index in [1.165, 1.54) is 0 Å². The minimum Gasteiger partial charge on any atom is -0.444 e. The van der Waals surface area contributed by atoms with E-state index in [4.69, 9.17) is 22.1 Å². The van der Waals surface area contributed by atoms with Crippen LogP contribution in [-0.2, 0) is 14.6 Å². The number of ether oxygens (including phenoxy) is 1. The molecule has 1 aromatic carbocycles. The molecule has 0 aromatic heterocycles. The van der Waals surface area contributed by atoms with Gasteiger partial charge in [-0.3, -0.25) is 0 Å². The molecule has 1 amide bonds. The van der Waals surface area contributed by atoms with Crippen molar-refractivity contribution in [2.75, 3.05) is 12.8 Å². The van der Waals surface area contributed by atoms with E-state index >= 15 is 0 Å². The highest BCUT2D eigenvalue weighted by Gasteiger charge is 2.70. The van der Waals surface area contributed by atoms with Gasteiger partial charge in [-0.25, -0.2) is 13.2 Å². The zero-order chi connectivity index (χ0) is 18.3. The minimum absolute atomic E-state index is 0.0166. The Hall–Kier alpha value is -1.31. The second-order valence-electron chi connectivity index (χ2n) is 7.15. The summed E-state index contributed by atoms with van der Waals surface area (Å²) < 4.78 is 29.7. The van der Waals surface area contributed by atoms with Crippen molar-refractivity contribution < 1.29 is 17.9 Å². The van der Waals surface area contributed by atoms with E-state index in [2.05, 4.69) is 5.32 Å². The van der Waals surface area contributed by atoms with Crippen molar-refractivity contribution in [1.29, 1.82) is 0 Å². The van der Waals surface area contributed by atoms with Crippen molar-refractivity contribution in [3.05, 3.63) is 34.9 Å². The highest BCUT2D eigenvalue weighted by molar-refractivity contribution is 7.91. The lowest BCUT2D eigenvalue weighted by atomic mass is 10.1. The molecule has 1 aromatic rings. The molecule has 3 N–H and O–H groups in total. The number of halogens is 1. The van der Waals surface area contributed by atoms with Gasteiger partial charge in [-0.1, -0.05) is 23.7 Å². The fourth-order valence-electron chi connectivity index (χ4n) is 3.11. The quantitative estimate of drug-likeness (QED) is 0.840. The first-order valence-corrected chi connectivity index (χ1v) is 9.89. The molecule has 8 heteroatoms. The second-order valence-corrected chi connectivity index (χ2v) is 9.75. The van der Waals surface area contributed by atoms with Crippen molar-refractivity contribution >= 4 is 27.5 Å². The summed E-state index contributed by atoms with van der Waals surface area (Å²) in [6.07, 6.45) is 0.465. The number of hydrogen-bond acceptors (Lipinski definition) is 5. The Balaban J connectivity index is 2.34. The standard InChI is InChI=1S/C16H23ClN2O4S/c1-15(2,3)23-14(20)19-16(9-18)12(13(16)24(4,21)22)10-5-7-11(17)8-6-10/h5-8,12-13H,9,18H2,1-4H3,(H,19,20)/t12-,13+,16+/m1/s1. The summed E-state index contributed by atoms with van der Waals surface area (Å²) in [4.78, 5) is 12.2. The van der Waals surface area contributed by atoms with Crippen molar-refractivity contribution in [2.24, 2.45) is 5.73 Å². The van der Waals surface area contributed by atoms with Gasteiger partial charge in [0.25, 0.3) is 0 Å². The van der Waals surface area contributed by atoms with Crippen molar-refractivity contribution in [1.82, 2.24) is 5.32 Å². The van der Waals surface area contributed by atoms with Gasteiger partial charge < -0.3 is 15.8 Å². The average molecular weight is 375 g/mol. The van der Waals surface area contributed by atoms with Crippen molar-refractivity contribution in [3.63, 3.8) is 0 Å². The number of nitrogens with one attached hydrogen (secondary N) is 1. The molecule has 6 nitrogen and oxygen atoms in total. The number of carbonyl (C=O) groups excluding carboxylic acids is 1. The predicted molar refractivity (Wildman–Crippen MR) is 94.0 cm³/mol. The molecule has 0 bridgehead atoms. The van der Waals surface area contributed by atoms with Crippen LogP contribution in [0, 0.1) is 0 Å². The Kier molecular flexibility index (Phi) is 4.92. The second kappa shape index (κ2) is 6.20. The van der Waals surface area contributed by atoms with Gasteiger partial charge >= 0.3 is 6.09 Å². The van der Waals surface area contributed by atoms with Crippen LogP contribution in [-0.4, -0.2) is 43.7 Å². The first-order chi connectivity index (χ1) is 10.9. The number of nitrogens with two attached hydrogens (primary N) is 1. The van der Waals surface area contributed by atoms with E-state index in [9.17, 15) is 13.2 Å². The first-order valence-electron chi connectivity index (χ1n) is 7.56. The lowest BCUT2D eigenvalue weighted by molar-refractivity contribution is 0.0497. The Morgan fingerprint density at radius 2 is 1.88 bits per heavy atom. The third-order valence-electron chi connectivity index (χ3n) is 4.02. The van der Waals surface area contributed by atoms with Crippen LogP contribution in [0.15, 0.2) is 24.3 Å². The highest BCUT2D eigenvalue weighted by Crippen LogP contribution is 2.55. The molecule has 3 atom stereocenters. The maximum atomic E-state index is 12.2. The fourth-order valence-corrected chi connectivity index (χ4v) is 5.12. The first kappa shape index (κ1) is 19.0. The van der Waals surface area contributed by atoms with Gasteiger partial charge in [0.15, 0.2) is 9.84 Å². The van der Waals surface area contributed by atoms with Gasteiger partial charge in [0.2, 0.25) is 0 Å². The molecule has 1 aliphatic carbocycles. The van der Waals surface area contributed by atoms with Crippen LogP contribution in [0.25, 0.3) is 0 Å². The maximum Gasteiger partial charge on any atom is 0.408 e. The van der Waals surface area contributed by atoms with E-state index in [0.717, 1.165) is 11.8 Å². The average Bonchev–Trinajstić information content (AvgIpc) is 3.06. The van der Waals surface area contributed by atoms with Gasteiger partial charge in [0.05, 0.1) is 10.8 Å². The highest BCUT2D eigenvalue weighted by atomic mass is 35.5. The van der Waals surface area contributed by atoms with Crippen molar-refractivity contribution in [3.8, 4) is 0 Å². The third-order valence-corrected chi connectivity index (χ3v) is 5.89. The molecule has 1 fully saturated rings. The van der Waals surface area contributed by atoms with Gasteiger partial charge in [0, 0.05) is 23.7 Å². The van der Waals surface area contributed by atoms with Gasteiger partial charge in [-0.2, -0.15) is 0 Å². The summed E-state index contributed by atoms with van der Waals surface area (Å²) in [6.45, 7) is 5.19. The Morgan fingerprint density at radius 1 is 1.33 bits per heavy atom. The molecule has 0 heterocycles. The number of alkyl carbamates (subject to hydrolysis) is 1. The van der Waals surface area contributed by atoms with Crippen LogP contribution in [0.3, 0.4) is 0 Å². The summed E-state index contributed by atoms with van der Waals surface area (Å²) in [7, 11) is -3.43. The summed E-state index contributed by atoms with van der Waals surface area (Å²) in [5.41, 5.74) is 4.86. The smallest absolute Gasteiger partial charge is 0.408 e. The Labute approximate surface area is 147 Å². The predicted octanol–water partition coefficient (Wildman–Crippen LogP) is 2.07. The molecule has 0 saturated heterocycles. The van der Waals surface area contributed by atoms with Crippen LogP contribution in [0.4, 0.5) is 4.79 Å². The fraction of sp³-hybridized carbons (Fsp3) is 0.562. The molecule has 0 spiro atoms. The van der Waals surface area contributed by atoms with Crippen LogP contribution >= 0.6 is 11.6 Å². The van der Waals surface area contributed by atoms with Crippen molar-refractivity contribution in [2.45, 2.75) is 43.1 Å². The molecule has 1 aliphatic rings. The van der Waals surface area contributed by atoms with E-state index in [0.29, 0.717) is 5.02 Å². The number of hydrogen-bond donors (Lipinski definition) is 2. The van der Waals surface area contributed by atoms with Gasteiger partial charge in [-0.15, -0.1) is 0 Å². The normalized spacial score (nSPS) is 26.8. The molecule has 24 heavy (non-hydrogen) atoms. The number of benzene rings is 1. The van der Waals surface area contributed by atoms with Crippen LogP contribution in [0.1, 0.15) is 32.3 Å². The Morgan fingerprint density at radius 3 is 2.29 bits per heavy atom. The molecule has 1 saturated carbocycles. The molecular weight excluding hydrogens is 352 g/mol. The number of carbonyl (C=O) groups is 1. The third kappa shape index (κ3) is 3.84. The molecule has 0 unspecified atom stereocenters. The number of rotatable bonds is 4. The molecular formula is C16H23ClN2O4S. The van der Waals surface area contributed by atoms with Gasteiger partial charge in [0.1, 0.15) is 5.60 Å². The summed E-state index contributed by atoms with van der Waals surface area (Å²) in [6, 6.07) is 6.87. The molecule has 134 valence electrons. The maximum absolute atomic E-state index is 12.2. The lowest BCUT2D eigenvalue weighted by Crippen LogP contribution is -2.48. The van der Waals surface area contributed by atoms with Crippen LogP contribution < -0.4 is 11.1 Å². The summed E-state index contributed by atoms with van der Waals surface area (Å²) in [5, 5.41) is 2.44. The molecule has 0 aliphatic heterocycles. The molecule has 0 radical (unpaired) electrons. The monoisotopic (exact) mass is 374 g/mol. The summed E-state index contributed by atoms with van der Waals surface area (Å²) >= 11 is 5.89. The SMILES string of the molecule is CC(C)(C)OC(=O)N[C@@]1(CN)[C@H](c2ccc(Cl)cc2)[C@@H]1S(C)(=O)=O. The summed E-state index contributed by atoms with van der Waals surface area (Å²) in [5.74, 6) is -0.442. The van der Waals surface area contributed by atoms with E-state index < -0.39 is 38.2 Å². The van der Waals surface area contributed by atoms with Gasteiger partial charge in [-0.05, 0) is 38.5 Å². The zero-order valence-electron chi connectivity index (χ0n) is 14.2. The molecule has 2 rings (SSSR count). The van der Waals surface area contributed by atoms with Crippen LogP contribution in [0.5, 0.6) is 0 Å². The van der Waals surface area contributed by atoms with E-state index in [1.54, 1.807) is 45.0 Å². The number of amides is 1. The zero-order valence-corrected chi connectivity index (χ0v) is 15.7. The minimum atomic E-state index is -3.43. The van der Waals surface area contributed by atoms with E-state index in [1.807, 2.05) is 0 Å². The lowest BCUT2D eigenvalue weighted by Gasteiger charge is -2.24. The van der Waals surface area contributed by atoms with Crippen LogP contribution in [0.2, 0.25) is 5.02 Å². The largest absolute Gasteiger partial charge is 0.444 e. The Bertz CT molecular complexity index is 727. The van der Waals surface area contributed by atoms with E-state index in [-0.39, 0.29) is 6.54 Å². The topological polar surface area (TPSA) is 98.5 Å². The number of sulfone groups is 1.